The number of rotatable bonds is 7. The van der Waals surface area contributed by atoms with Crippen molar-refractivity contribution in [2.24, 2.45) is 17.3 Å². The van der Waals surface area contributed by atoms with Gasteiger partial charge in [0.15, 0.2) is 0 Å². The number of hydrogen-bond donors (Lipinski definition) is 3. The summed E-state index contributed by atoms with van der Waals surface area (Å²) in [5.41, 5.74) is 1.29. The molecule has 4 unspecified atom stereocenters. The molecular weight excluding hydrogens is 444 g/mol. The summed E-state index contributed by atoms with van der Waals surface area (Å²) >= 11 is 0. The lowest BCUT2D eigenvalue weighted by molar-refractivity contribution is -0.135. The van der Waals surface area contributed by atoms with Crippen LogP contribution < -0.4 is 15.4 Å². The molecule has 7 heteroatoms. The third kappa shape index (κ3) is 4.62. The number of fused-ring (bicyclic) bond motifs is 5. The second kappa shape index (κ2) is 9.75. The zero-order chi connectivity index (χ0) is 25.4. The second-order valence-corrected chi connectivity index (χ2v) is 10.7. The third-order valence-corrected chi connectivity index (χ3v) is 8.98. The number of carbonyl (C=O) groups excluding carboxylic acids is 3. The summed E-state index contributed by atoms with van der Waals surface area (Å²) in [5.74, 6) is 3.47. The fourth-order valence-electron chi connectivity index (χ4n) is 6.92. The molecule has 3 aliphatic carbocycles. The minimum Gasteiger partial charge on any atom is -0.425 e. The van der Waals surface area contributed by atoms with E-state index in [0.717, 1.165) is 32.1 Å². The number of ether oxygens (including phenoxy) is 1. The maximum absolute atomic E-state index is 12.3. The molecule has 1 amide bonds. The molecule has 3 N–H and O–H groups in total. The second-order valence-electron chi connectivity index (χ2n) is 10.7. The Morgan fingerprint density at radius 3 is 2.71 bits per heavy atom. The monoisotopic (exact) mass is 480 g/mol. The Labute approximate surface area is 207 Å². The molecule has 0 aromatic heterocycles. The van der Waals surface area contributed by atoms with Crippen molar-refractivity contribution in [3.63, 3.8) is 0 Å². The average Bonchev–Trinajstić information content (AvgIpc) is 3.11. The third-order valence-electron chi connectivity index (χ3n) is 8.98. The summed E-state index contributed by atoms with van der Waals surface area (Å²) in [5, 5.41) is 16.4. The number of carbonyl (C=O) groups is 3. The molecule has 188 valence electrons. The number of terminal acetylenes is 1. The summed E-state index contributed by atoms with van der Waals surface area (Å²) in [6.07, 6.45) is 11.2. The predicted molar refractivity (Wildman–Crippen MR) is 132 cm³/mol. The van der Waals surface area contributed by atoms with Crippen LogP contribution in [0.3, 0.4) is 0 Å². The van der Waals surface area contributed by atoms with Crippen LogP contribution in [0.15, 0.2) is 18.2 Å². The largest absolute Gasteiger partial charge is 0.425 e. The molecular formula is C28H36N2O5. The molecule has 2 fully saturated rings. The number of hydrogen-bond acceptors (Lipinski definition) is 6. The number of benzene rings is 1. The average molecular weight is 481 g/mol. The van der Waals surface area contributed by atoms with Gasteiger partial charge in [-0.2, -0.15) is 0 Å². The highest BCUT2D eigenvalue weighted by molar-refractivity contribution is 5.89. The molecule has 4 rings (SSSR count). The van der Waals surface area contributed by atoms with Gasteiger partial charge in [-0.05, 0) is 93.5 Å². The lowest BCUT2D eigenvalue weighted by atomic mass is 9.53. The molecule has 0 bridgehead atoms. The number of aryl methyl sites for hydroxylation is 1. The van der Waals surface area contributed by atoms with Crippen LogP contribution in [0.4, 0.5) is 0 Å². The smallest absolute Gasteiger partial charge is 0.330 e. The van der Waals surface area contributed by atoms with E-state index in [1.54, 1.807) is 7.05 Å². The van der Waals surface area contributed by atoms with E-state index in [2.05, 4.69) is 29.5 Å². The van der Waals surface area contributed by atoms with Crippen LogP contribution in [0, 0.1) is 29.6 Å². The molecule has 0 radical (unpaired) electrons. The summed E-state index contributed by atoms with van der Waals surface area (Å²) in [6, 6.07) is 5.27. The molecule has 0 aliphatic heterocycles. The number of Topliss-reactive ketones (excluding diaryl/α,β-unsaturated/α-hetero) is 1. The van der Waals surface area contributed by atoms with Gasteiger partial charge in [-0.25, -0.2) is 4.79 Å². The summed E-state index contributed by atoms with van der Waals surface area (Å²) in [6.45, 7) is 3.34. The highest BCUT2D eigenvalue weighted by Gasteiger charge is 2.61. The molecule has 6 atom stereocenters. The van der Waals surface area contributed by atoms with E-state index < -0.39 is 17.6 Å². The van der Waals surface area contributed by atoms with Gasteiger partial charge < -0.3 is 20.5 Å². The van der Waals surface area contributed by atoms with Gasteiger partial charge in [0.1, 0.15) is 23.7 Å². The first-order valence-corrected chi connectivity index (χ1v) is 12.6. The van der Waals surface area contributed by atoms with Gasteiger partial charge in [0.25, 0.3) is 0 Å². The molecule has 0 saturated heterocycles. The van der Waals surface area contributed by atoms with Crippen molar-refractivity contribution in [3.05, 3.63) is 29.3 Å². The maximum Gasteiger partial charge on any atom is 0.330 e. The van der Waals surface area contributed by atoms with Gasteiger partial charge in [-0.3, -0.25) is 9.59 Å². The number of nitrogens with one attached hydrogen (secondary N) is 2. The molecule has 0 heterocycles. The Morgan fingerprint density at radius 2 is 2.03 bits per heavy atom. The van der Waals surface area contributed by atoms with Crippen molar-refractivity contribution in [2.75, 3.05) is 13.6 Å². The van der Waals surface area contributed by atoms with Crippen molar-refractivity contribution >= 4 is 17.7 Å². The standard InChI is InChI=1S/C28H36N2O5/c1-5-28(34)13-11-23-22-8-6-18-14-19(7-9-20(18)21(22)10-12-27(23,28)3)35-26(33)16-30-25(32)15-24(29-4)17(2)31/h1,7,9,14,21-24,29,34H,6,8,10-13,15-16H2,2-4H3,(H,30,32)/t21?,22?,23?,24?,27-,28-/m0/s1. The molecule has 1 aromatic rings. The normalized spacial score (nSPS) is 31.8. The Balaban J connectivity index is 1.37. The van der Waals surface area contributed by atoms with E-state index in [1.165, 1.54) is 18.1 Å². The number of aliphatic hydroxyl groups is 1. The van der Waals surface area contributed by atoms with Crippen LogP contribution in [0.1, 0.15) is 69.4 Å². The van der Waals surface area contributed by atoms with E-state index in [-0.39, 0.29) is 30.1 Å². The first kappa shape index (κ1) is 25.4. The van der Waals surface area contributed by atoms with Crippen LogP contribution in [-0.2, 0) is 20.8 Å². The van der Waals surface area contributed by atoms with E-state index >= 15 is 0 Å². The molecule has 1 aromatic carbocycles. The fraction of sp³-hybridized carbons (Fsp3) is 0.607. The van der Waals surface area contributed by atoms with Crippen LogP contribution in [0.5, 0.6) is 5.75 Å². The van der Waals surface area contributed by atoms with Gasteiger partial charge in [0.05, 0.1) is 6.04 Å². The topological polar surface area (TPSA) is 105 Å². The zero-order valence-corrected chi connectivity index (χ0v) is 20.9. The quantitative estimate of drug-likeness (QED) is 0.315. The van der Waals surface area contributed by atoms with Crippen molar-refractivity contribution in [2.45, 2.75) is 76.4 Å². The Kier molecular flexibility index (Phi) is 7.08. The fourth-order valence-corrected chi connectivity index (χ4v) is 6.92. The lowest BCUT2D eigenvalue weighted by Crippen LogP contribution is -2.50. The molecule has 0 spiro atoms. The molecule has 2 saturated carbocycles. The molecule has 3 aliphatic rings. The number of likely N-dealkylation sites (N-methyl/N-ethyl adjacent to an activating group) is 1. The predicted octanol–water partition coefficient (Wildman–Crippen LogP) is 2.50. The van der Waals surface area contributed by atoms with Crippen molar-refractivity contribution in [3.8, 4) is 18.1 Å². The Hall–Kier alpha value is -2.69. The van der Waals surface area contributed by atoms with E-state index in [9.17, 15) is 19.5 Å². The van der Waals surface area contributed by atoms with Gasteiger partial charge in [0.2, 0.25) is 5.91 Å². The summed E-state index contributed by atoms with van der Waals surface area (Å²) in [7, 11) is 1.61. The lowest BCUT2D eigenvalue weighted by Gasteiger charge is -2.52. The van der Waals surface area contributed by atoms with E-state index in [1.807, 2.05) is 12.1 Å². The summed E-state index contributed by atoms with van der Waals surface area (Å²) in [4.78, 5) is 35.8. The van der Waals surface area contributed by atoms with Crippen molar-refractivity contribution < 1.29 is 24.2 Å². The first-order chi connectivity index (χ1) is 16.6. The van der Waals surface area contributed by atoms with Gasteiger partial charge in [-0.15, -0.1) is 6.42 Å². The highest BCUT2D eigenvalue weighted by atomic mass is 16.5. The van der Waals surface area contributed by atoms with E-state index in [4.69, 9.17) is 11.2 Å². The Bertz CT molecular complexity index is 1060. The number of amides is 1. The van der Waals surface area contributed by atoms with Crippen molar-refractivity contribution in [1.29, 1.82) is 0 Å². The van der Waals surface area contributed by atoms with Gasteiger partial charge >= 0.3 is 5.97 Å². The maximum atomic E-state index is 12.3. The van der Waals surface area contributed by atoms with Crippen molar-refractivity contribution in [1.82, 2.24) is 10.6 Å². The van der Waals surface area contributed by atoms with Crippen LogP contribution in [0.25, 0.3) is 0 Å². The first-order valence-electron chi connectivity index (χ1n) is 12.6. The Morgan fingerprint density at radius 1 is 1.26 bits per heavy atom. The SMILES string of the molecule is C#C[C@]1(O)CCC2C3CCc4cc(OC(=O)CNC(=O)CC(NC)C(C)=O)ccc4C3CC[C@@]21C. The number of esters is 1. The number of ketones is 1. The van der Waals surface area contributed by atoms with E-state index in [0.29, 0.717) is 29.9 Å². The minimum absolute atomic E-state index is 0.0285. The van der Waals surface area contributed by atoms with Crippen LogP contribution in [-0.4, -0.2) is 48.0 Å². The highest BCUT2D eigenvalue weighted by Crippen LogP contribution is 2.64. The van der Waals surface area contributed by atoms with Gasteiger partial charge in [0, 0.05) is 11.8 Å². The minimum atomic E-state index is -1.00. The molecule has 7 nitrogen and oxygen atoms in total. The summed E-state index contributed by atoms with van der Waals surface area (Å²) < 4.78 is 5.48. The van der Waals surface area contributed by atoms with Crippen LogP contribution in [0.2, 0.25) is 0 Å². The zero-order valence-electron chi connectivity index (χ0n) is 20.9. The molecule has 35 heavy (non-hydrogen) atoms. The van der Waals surface area contributed by atoms with Gasteiger partial charge in [-0.1, -0.05) is 18.9 Å². The van der Waals surface area contributed by atoms with Crippen LogP contribution >= 0.6 is 0 Å².